The number of thiophene rings is 2. The number of ether oxygens (including phenoxy) is 1. The lowest BCUT2D eigenvalue weighted by atomic mass is 9.85. The highest BCUT2D eigenvalue weighted by molar-refractivity contribution is 7.91. The van der Waals surface area contributed by atoms with Crippen molar-refractivity contribution in [1.29, 1.82) is 0 Å². The van der Waals surface area contributed by atoms with Crippen LogP contribution in [-0.4, -0.2) is 81.9 Å². The van der Waals surface area contributed by atoms with Crippen molar-refractivity contribution in [2.75, 3.05) is 6.54 Å². The standard InChI is InChI=1S/C37H46N6O8S3/c1-8-23-16-37(23,33(47)41-54(49,50)25-9-10-25)40-30(44)27-15-24(18-42(27)32(46)29(35(2,3)4)39-34(48)51-36(5,6)7)43-31(45)28(22-12-14-53-20-22)26(17-38-43)21-11-13-52-19-21/h8,11-14,17,19-20,23-25,27,29H,1,9-10,15-16,18H2,2-7H3,(H,39,48)(H,40,44)(H,41,47)/t23-,24-,27+,29-,37-/m1/s1. The molecule has 2 aliphatic carbocycles. The first-order chi connectivity index (χ1) is 25.3. The molecule has 290 valence electrons. The minimum Gasteiger partial charge on any atom is -0.444 e. The number of nitrogens with one attached hydrogen (secondary N) is 3. The van der Waals surface area contributed by atoms with Crippen LogP contribution in [0.15, 0.2) is 57.3 Å². The zero-order valence-electron chi connectivity index (χ0n) is 31.1. The molecular weight excluding hydrogens is 753 g/mol. The highest BCUT2D eigenvalue weighted by Crippen LogP contribution is 2.46. The number of nitrogens with zero attached hydrogens (tertiary/aromatic N) is 3. The van der Waals surface area contributed by atoms with Gasteiger partial charge in [-0.1, -0.05) is 26.8 Å². The zero-order valence-corrected chi connectivity index (χ0v) is 33.5. The van der Waals surface area contributed by atoms with Crippen LogP contribution in [0.2, 0.25) is 0 Å². The molecule has 3 aromatic rings. The number of aromatic nitrogens is 2. The molecule has 0 unspecified atom stereocenters. The van der Waals surface area contributed by atoms with Gasteiger partial charge in [-0.05, 0) is 90.2 Å². The number of carbonyl (C=O) groups is 4. The lowest BCUT2D eigenvalue weighted by Crippen LogP contribution is -2.60. The first-order valence-electron chi connectivity index (χ1n) is 17.7. The maximum atomic E-state index is 14.6. The second-order valence-corrected chi connectivity index (χ2v) is 19.8. The minimum absolute atomic E-state index is 0.0640. The van der Waals surface area contributed by atoms with E-state index in [9.17, 15) is 32.4 Å². The summed E-state index contributed by atoms with van der Waals surface area (Å²) in [7, 11) is -3.93. The van der Waals surface area contributed by atoms with Crippen molar-refractivity contribution in [2.24, 2.45) is 11.3 Å². The largest absolute Gasteiger partial charge is 0.444 e. The van der Waals surface area contributed by atoms with E-state index in [1.165, 1.54) is 38.3 Å². The highest BCUT2D eigenvalue weighted by Gasteiger charge is 2.62. The summed E-state index contributed by atoms with van der Waals surface area (Å²) in [6, 6.07) is 0.550. The van der Waals surface area contributed by atoms with Gasteiger partial charge in [0.15, 0.2) is 0 Å². The van der Waals surface area contributed by atoms with E-state index in [0.29, 0.717) is 29.5 Å². The summed E-state index contributed by atoms with van der Waals surface area (Å²) >= 11 is 2.92. The monoisotopic (exact) mass is 798 g/mol. The van der Waals surface area contributed by atoms with Crippen LogP contribution in [-0.2, 0) is 29.1 Å². The van der Waals surface area contributed by atoms with E-state index in [1.807, 2.05) is 33.7 Å². The molecule has 6 rings (SSSR count). The minimum atomic E-state index is -3.93. The van der Waals surface area contributed by atoms with E-state index in [-0.39, 0.29) is 19.4 Å². The molecule has 3 N–H and O–H groups in total. The van der Waals surface area contributed by atoms with Gasteiger partial charge >= 0.3 is 6.09 Å². The Morgan fingerprint density at radius 2 is 1.70 bits per heavy atom. The average molecular weight is 799 g/mol. The molecule has 4 heterocycles. The Kier molecular flexibility index (Phi) is 10.5. The highest BCUT2D eigenvalue weighted by atomic mass is 32.2. The Labute approximate surface area is 322 Å². The molecular formula is C37H46N6O8S3. The number of hydrogen-bond donors (Lipinski definition) is 3. The van der Waals surface area contributed by atoms with Crippen molar-refractivity contribution in [3.8, 4) is 22.3 Å². The second-order valence-electron chi connectivity index (χ2n) is 16.2. The van der Waals surface area contributed by atoms with Crippen LogP contribution in [0.1, 0.15) is 73.3 Å². The van der Waals surface area contributed by atoms with E-state index in [1.54, 1.807) is 47.7 Å². The van der Waals surface area contributed by atoms with Gasteiger partial charge in [0.25, 0.3) is 11.5 Å². The predicted octanol–water partition coefficient (Wildman–Crippen LogP) is 4.45. The summed E-state index contributed by atoms with van der Waals surface area (Å²) in [5, 5.41) is 16.9. The van der Waals surface area contributed by atoms with E-state index in [4.69, 9.17) is 4.74 Å². The predicted molar refractivity (Wildman–Crippen MR) is 206 cm³/mol. The van der Waals surface area contributed by atoms with Crippen LogP contribution < -0.4 is 20.9 Å². The van der Waals surface area contributed by atoms with Gasteiger partial charge in [0.1, 0.15) is 23.2 Å². The maximum Gasteiger partial charge on any atom is 0.408 e. The van der Waals surface area contributed by atoms with Gasteiger partial charge in [0.05, 0.1) is 23.1 Å². The van der Waals surface area contributed by atoms with Crippen LogP contribution in [0.5, 0.6) is 0 Å². The van der Waals surface area contributed by atoms with E-state index < -0.39 is 85.2 Å². The molecule has 1 saturated heterocycles. The number of rotatable bonds is 11. The Balaban J connectivity index is 1.37. The SMILES string of the molecule is C=C[C@@H]1C[C@]1(NC(=O)[C@@H]1C[C@@H](n2ncc(-c3ccsc3)c(-c3ccsc3)c2=O)CN1C(=O)[C@@H](NC(=O)OC(C)(C)C)C(C)(C)C)C(=O)NS(=O)(=O)C1CC1. The van der Waals surface area contributed by atoms with Crippen LogP contribution in [0.3, 0.4) is 0 Å². The third-order valence-electron chi connectivity index (χ3n) is 9.88. The molecule has 17 heteroatoms. The number of alkyl carbamates (subject to hydrolysis) is 1. The summed E-state index contributed by atoms with van der Waals surface area (Å²) < 4.78 is 34.4. The van der Waals surface area contributed by atoms with Gasteiger partial charge in [-0.15, -0.1) is 6.58 Å². The number of hydrogen-bond acceptors (Lipinski definition) is 11. The van der Waals surface area contributed by atoms with Crippen molar-refractivity contribution in [3.05, 3.63) is 62.9 Å². The average Bonchev–Trinajstić information content (AvgIpc) is 3.80. The van der Waals surface area contributed by atoms with E-state index >= 15 is 0 Å². The van der Waals surface area contributed by atoms with Crippen molar-refractivity contribution in [1.82, 2.24) is 30.0 Å². The van der Waals surface area contributed by atoms with Crippen LogP contribution in [0.4, 0.5) is 4.79 Å². The van der Waals surface area contributed by atoms with Crippen LogP contribution in [0.25, 0.3) is 22.3 Å². The fraction of sp³-hybridized carbons (Fsp3) is 0.514. The molecule has 54 heavy (non-hydrogen) atoms. The van der Waals surface area contributed by atoms with Gasteiger partial charge in [-0.3, -0.25) is 23.9 Å². The molecule has 0 aromatic carbocycles. The van der Waals surface area contributed by atoms with Crippen molar-refractivity contribution >= 4 is 56.5 Å². The fourth-order valence-corrected chi connectivity index (χ4v) is 9.46. The van der Waals surface area contributed by atoms with E-state index in [0.717, 1.165) is 5.56 Å². The normalized spacial score (nSPS) is 23.3. The van der Waals surface area contributed by atoms with Gasteiger partial charge < -0.3 is 20.3 Å². The van der Waals surface area contributed by atoms with Gasteiger partial charge in [-0.25, -0.2) is 17.9 Å². The van der Waals surface area contributed by atoms with Gasteiger partial charge in [-0.2, -0.15) is 27.8 Å². The third-order valence-corrected chi connectivity index (χ3v) is 13.1. The zero-order chi connectivity index (χ0) is 39.4. The smallest absolute Gasteiger partial charge is 0.408 e. The molecule has 1 aliphatic heterocycles. The van der Waals surface area contributed by atoms with E-state index in [2.05, 4.69) is 27.0 Å². The van der Waals surface area contributed by atoms with Crippen molar-refractivity contribution in [3.63, 3.8) is 0 Å². The molecule has 3 fully saturated rings. The lowest BCUT2D eigenvalue weighted by molar-refractivity contribution is -0.143. The summed E-state index contributed by atoms with van der Waals surface area (Å²) in [6.45, 7) is 14.0. The lowest BCUT2D eigenvalue weighted by Gasteiger charge is -2.36. The Morgan fingerprint density at radius 1 is 1.06 bits per heavy atom. The Morgan fingerprint density at radius 3 is 2.24 bits per heavy atom. The number of carbonyl (C=O) groups excluding carboxylic acids is 4. The molecule has 4 amide bonds. The topological polar surface area (TPSA) is 186 Å². The first-order valence-corrected chi connectivity index (χ1v) is 21.2. The van der Waals surface area contributed by atoms with Gasteiger partial charge in [0.2, 0.25) is 21.8 Å². The van der Waals surface area contributed by atoms with Crippen molar-refractivity contribution < 1.29 is 32.3 Å². The maximum absolute atomic E-state index is 14.6. The molecule has 5 atom stereocenters. The molecule has 2 saturated carbocycles. The second kappa shape index (κ2) is 14.4. The Hall–Kier alpha value is -4.35. The quantitative estimate of drug-likeness (QED) is 0.236. The Bertz CT molecular complexity index is 2110. The molecule has 0 bridgehead atoms. The molecule has 14 nitrogen and oxygen atoms in total. The third kappa shape index (κ3) is 8.03. The number of likely N-dealkylation sites (tertiary alicyclic amines) is 1. The molecule has 3 aromatic heterocycles. The van der Waals surface area contributed by atoms with Gasteiger partial charge in [0, 0.05) is 24.4 Å². The number of sulfonamides is 1. The molecule has 3 aliphatic rings. The van der Waals surface area contributed by atoms with Crippen molar-refractivity contribution in [2.45, 2.75) is 102 Å². The molecule has 0 spiro atoms. The van der Waals surface area contributed by atoms with Crippen LogP contribution in [0, 0.1) is 11.3 Å². The summed E-state index contributed by atoms with van der Waals surface area (Å²) in [6.07, 6.45) is 3.19. The summed E-state index contributed by atoms with van der Waals surface area (Å²) in [5.74, 6) is -2.76. The summed E-state index contributed by atoms with van der Waals surface area (Å²) in [5.41, 5.74) is -1.13. The molecule has 0 radical (unpaired) electrons. The fourth-order valence-electron chi connectivity index (χ4n) is 6.79. The number of amides is 4. The first kappa shape index (κ1) is 39.3. The summed E-state index contributed by atoms with van der Waals surface area (Å²) in [4.78, 5) is 71.3. The van der Waals surface area contributed by atoms with Crippen LogP contribution >= 0.6 is 22.7 Å².